The van der Waals surface area contributed by atoms with Gasteiger partial charge in [0.15, 0.2) is 0 Å². The van der Waals surface area contributed by atoms with Gasteiger partial charge in [0.25, 0.3) is 0 Å². The van der Waals surface area contributed by atoms with Gasteiger partial charge in [-0.05, 0) is 18.2 Å². The van der Waals surface area contributed by atoms with Crippen molar-refractivity contribution < 1.29 is 9.84 Å². The third-order valence-electron chi connectivity index (χ3n) is 2.87. The fourth-order valence-electron chi connectivity index (χ4n) is 1.89. The van der Waals surface area contributed by atoms with E-state index >= 15 is 0 Å². The number of aliphatic hydroxyl groups excluding tert-OH is 1. The molecule has 100 valence electrons. The average molecular weight is 258 g/mol. The molecule has 1 atom stereocenters. The van der Waals surface area contributed by atoms with Crippen molar-refractivity contribution in [3.8, 4) is 5.75 Å². The van der Waals surface area contributed by atoms with Gasteiger partial charge in [0.2, 0.25) is 0 Å². The molecule has 4 heteroatoms. The first-order valence-electron chi connectivity index (χ1n) is 6.23. The van der Waals surface area contributed by atoms with Gasteiger partial charge in [-0.1, -0.05) is 24.3 Å². The number of ether oxygens (including phenoxy) is 1. The third-order valence-corrected chi connectivity index (χ3v) is 2.87. The quantitative estimate of drug-likeness (QED) is 0.831. The Labute approximate surface area is 113 Å². The first-order valence-corrected chi connectivity index (χ1v) is 6.23. The van der Waals surface area contributed by atoms with Crippen LogP contribution in [0, 0.1) is 0 Å². The average Bonchev–Trinajstić information content (AvgIpc) is 2.48. The molecule has 0 saturated carbocycles. The summed E-state index contributed by atoms with van der Waals surface area (Å²) in [6.07, 6.45) is 1.16. The molecule has 0 aliphatic rings. The molecule has 0 amide bonds. The van der Waals surface area contributed by atoms with Crippen LogP contribution in [0.15, 0.2) is 48.7 Å². The van der Waals surface area contributed by atoms with E-state index in [1.807, 2.05) is 42.5 Å². The molecule has 0 fully saturated rings. The number of benzene rings is 1. The summed E-state index contributed by atoms with van der Waals surface area (Å²) < 4.78 is 5.23. The van der Waals surface area contributed by atoms with Gasteiger partial charge >= 0.3 is 0 Å². The lowest BCUT2D eigenvalue weighted by Crippen LogP contribution is -2.21. The number of pyridine rings is 1. The Kier molecular flexibility index (Phi) is 4.89. The topological polar surface area (TPSA) is 54.4 Å². The molecule has 0 aliphatic carbocycles. The minimum absolute atomic E-state index is 0.455. The van der Waals surface area contributed by atoms with Gasteiger partial charge in [0.05, 0.1) is 18.9 Å². The zero-order chi connectivity index (χ0) is 13.5. The number of aliphatic hydroxyl groups is 1. The fraction of sp³-hybridized carbons (Fsp3) is 0.267. The fourth-order valence-corrected chi connectivity index (χ4v) is 1.89. The normalized spacial score (nSPS) is 12.1. The summed E-state index contributed by atoms with van der Waals surface area (Å²) in [5.41, 5.74) is 1.74. The smallest absolute Gasteiger partial charge is 0.124 e. The molecule has 2 rings (SSSR count). The van der Waals surface area contributed by atoms with E-state index in [1.165, 1.54) is 0 Å². The van der Waals surface area contributed by atoms with E-state index in [0.29, 0.717) is 18.8 Å². The van der Waals surface area contributed by atoms with E-state index in [0.717, 1.165) is 11.3 Å². The molecule has 1 unspecified atom stereocenters. The van der Waals surface area contributed by atoms with E-state index < -0.39 is 6.10 Å². The summed E-state index contributed by atoms with van der Waals surface area (Å²) in [5, 5.41) is 13.3. The van der Waals surface area contributed by atoms with E-state index in [1.54, 1.807) is 13.3 Å². The van der Waals surface area contributed by atoms with Gasteiger partial charge in [-0.15, -0.1) is 0 Å². The van der Waals surface area contributed by atoms with Gasteiger partial charge in [-0.25, -0.2) is 0 Å². The molecular weight excluding hydrogens is 240 g/mol. The number of hydrogen-bond donors (Lipinski definition) is 2. The van der Waals surface area contributed by atoms with Gasteiger partial charge in [-0.3, -0.25) is 4.98 Å². The van der Waals surface area contributed by atoms with Crippen molar-refractivity contribution in [3.63, 3.8) is 0 Å². The van der Waals surface area contributed by atoms with Crippen molar-refractivity contribution in [1.29, 1.82) is 0 Å². The Bertz CT molecular complexity index is 503. The molecule has 19 heavy (non-hydrogen) atoms. The standard InChI is InChI=1S/C15H18N2O2/c1-19-15-8-3-2-7-13(15)14(18)11-16-10-12-6-4-5-9-17-12/h2-9,14,16,18H,10-11H2,1H3. The maximum Gasteiger partial charge on any atom is 0.124 e. The number of para-hydroxylation sites is 1. The van der Waals surface area contributed by atoms with Crippen molar-refractivity contribution in [2.45, 2.75) is 12.6 Å². The molecule has 0 radical (unpaired) electrons. The highest BCUT2D eigenvalue weighted by atomic mass is 16.5. The van der Waals surface area contributed by atoms with Crippen molar-refractivity contribution in [2.24, 2.45) is 0 Å². The van der Waals surface area contributed by atoms with Crippen molar-refractivity contribution >= 4 is 0 Å². The van der Waals surface area contributed by atoms with Crippen LogP contribution in [0.5, 0.6) is 5.75 Å². The predicted molar refractivity (Wildman–Crippen MR) is 73.9 cm³/mol. The largest absolute Gasteiger partial charge is 0.496 e. The first kappa shape index (κ1) is 13.5. The number of rotatable bonds is 6. The Morgan fingerprint density at radius 2 is 2.00 bits per heavy atom. The minimum atomic E-state index is -0.597. The number of nitrogens with zero attached hydrogens (tertiary/aromatic N) is 1. The van der Waals surface area contributed by atoms with E-state index in [-0.39, 0.29) is 0 Å². The first-order chi connectivity index (χ1) is 9.31. The zero-order valence-electron chi connectivity index (χ0n) is 10.9. The molecule has 0 aliphatic heterocycles. The monoisotopic (exact) mass is 258 g/mol. The molecule has 0 bridgehead atoms. The second-order valence-electron chi connectivity index (χ2n) is 4.21. The van der Waals surface area contributed by atoms with Crippen LogP contribution in [-0.4, -0.2) is 23.7 Å². The lowest BCUT2D eigenvalue weighted by molar-refractivity contribution is 0.170. The lowest BCUT2D eigenvalue weighted by Gasteiger charge is -2.15. The molecule has 2 aromatic rings. The molecular formula is C15H18N2O2. The Hall–Kier alpha value is -1.91. The summed E-state index contributed by atoms with van der Waals surface area (Å²) in [4.78, 5) is 4.21. The van der Waals surface area contributed by atoms with Crippen LogP contribution in [0.4, 0.5) is 0 Å². The lowest BCUT2D eigenvalue weighted by atomic mass is 10.1. The summed E-state index contributed by atoms with van der Waals surface area (Å²) in [6.45, 7) is 1.09. The maximum absolute atomic E-state index is 10.1. The van der Waals surface area contributed by atoms with Crippen LogP contribution >= 0.6 is 0 Å². The summed E-state index contributed by atoms with van der Waals surface area (Å²) in [6, 6.07) is 13.3. The summed E-state index contributed by atoms with van der Waals surface area (Å²) in [5.74, 6) is 0.703. The molecule has 1 aromatic carbocycles. The van der Waals surface area contributed by atoms with Gasteiger partial charge in [-0.2, -0.15) is 0 Å². The van der Waals surface area contributed by atoms with Gasteiger partial charge in [0, 0.05) is 24.8 Å². The highest BCUT2D eigenvalue weighted by molar-refractivity contribution is 5.35. The van der Waals surface area contributed by atoms with Crippen LogP contribution in [0.2, 0.25) is 0 Å². The highest BCUT2D eigenvalue weighted by Crippen LogP contribution is 2.23. The van der Waals surface area contributed by atoms with Crippen molar-refractivity contribution in [3.05, 3.63) is 59.9 Å². The van der Waals surface area contributed by atoms with Gasteiger partial charge in [0.1, 0.15) is 5.75 Å². The van der Waals surface area contributed by atoms with Crippen molar-refractivity contribution in [1.82, 2.24) is 10.3 Å². The molecule has 0 spiro atoms. The SMILES string of the molecule is COc1ccccc1C(O)CNCc1ccccn1. The Morgan fingerprint density at radius 3 is 2.74 bits per heavy atom. The Morgan fingerprint density at radius 1 is 1.21 bits per heavy atom. The number of methoxy groups -OCH3 is 1. The molecule has 0 saturated heterocycles. The van der Waals surface area contributed by atoms with Crippen molar-refractivity contribution in [2.75, 3.05) is 13.7 Å². The van der Waals surface area contributed by atoms with Crippen LogP contribution < -0.4 is 10.1 Å². The molecule has 1 aromatic heterocycles. The second-order valence-corrected chi connectivity index (χ2v) is 4.21. The van der Waals surface area contributed by atoms with Gasteiger partial charge < -0.3 is 15.2 Å². The van der Waals surface area contributed by atoms with Crippen LogP contribution in [0.3, 0.4) is 0 Å². The van der Waals surface area contributed by atoms with Crippen LogP contribution in [0.1, 0.15) is 17.4 Å². The summed E-state index contributed by atoms with van der Waals surface area (Å²) in [7, 11) is 1.60. The van der Waals surface area contributed by atoms with Crippen LogP contribution in [-0.2, 0) is 6.54 Å². The Balaban J connectivity index is 1.89. The third kappa shape index (κ3) is 3.77. The maximum atomic E-state index is 10.1. The van der Waals surface area contributed by atoms with E-state index in [4.69, 9.17) is 4.74 Å². The van der Waals surface area contributed by atoms with Crippen LogP contribution in [0.25, 0.3) is 0 Å². The molecule has 1 heterocycles. The van der Waals surface area contributed by atoms with E-state index in [9.17, 15) is 5.11 Å². The zero-order valence-corrected chi connectivity index (χ0v) is 10.9. The number of hydrogen-bond acceptors (Lipinski definition) is 4. The summed E-state index contributed by atoms with van der Waals surface area (Å²) >= 11 is 0. The number of nitrogens with one attached hydrogen (secondary N) is 1. The minimum Gasteiger partial charge on any atom is -0.496 e. The second kappa shape index (κ2) is 6.87. The number of aromatic nitrogens is 1. The molecule has 4 nitrogen and oxygen atoms in total. The molecule has 2 N–H and O–H groups in total. The predicted octanol–water partition coefficient (Wildman–Crippen LogP) is 1.91. The highest BCUT2D eigenvalue weighted by Gasteiger charge is 2.11. The van der Waals surface area contributed by atoms with E-state index in [2.05, 4.69) is 10.3 Å².